The topological polar surface area (TPSA) is 12.0 Å². The zero-order valence-corrected chi connectivity index (χ0v) is 14.3. The number of hydrogen-bond donors (Lipinski definition) is 1. The Morgan fingerprint density at radius 2 is 1.95 bits per heavy atom. The van der Waals surface area contributed by atoms with E-state index in [-0.39, 0.29) is 0 Å². The molecule has 1 atom stereocenters. The van der Waals surface area contributed by atoms with Crippen LogP contribution in [0.4, 0.5) is 0 Å². The van der Waals surface area contributed by atoms with Crippen molar-refractivity contribution in [3.8, 4) is 0 Å². The minimum atomic E-state index is 0.367. The van der Waals surface area contributed by atoms with Crippen LogP contribution in [-0.4, -0.2) is 6.54 Å². The minimum absolute atomic E-state index is 0.367. The van der Waals surface area contributed by atoms with E-state index in [0.717, 1.165) is 23.6 Å². The van der Waals surface area contributed by atoms with Crippen molar-refractivity contribution in [2.45, 2.75) is 33.2 Å². The lowest BCUT2D eigenvalue weighted by Gasteiger charge is -2.14. The first-order valence-corrected chi connectivity index (χ1v) is 8.29. The van der Waals surface area contributed by atoms with Gasteiger partial charge in [0.2, 0.25) is 0 Å². The van der Waals surface area contributed by atoms with Crippen molar-refractivity contribution in [1.82, 2.24) is 5.32 Å². The van der Waals surface area contributed by atoms with Crippen molar-refractivity contribution in [1.29, 1.82) is 0 Å². The second kappa shape index (κ2) is 6.95. The number of rotatable bonds is 5. The van der Waals surface area contributed by atoms with Crippen molar-refractivity contribution < 1.29 is 0 Å². The maximum absolute atomic E-state index is 6.18. The first kappa shape index (κ1) is 15.8. The van der Waals surface area contributed by atoms with E-state index >= 15 is 0 Å². The van der Waals surface area contributed by atoms with Crippen LogP contribution >= 0.6 is 34.5 Å². The molecule has 1 aromatic carbocycles. The van der Waals surface area contributed by atoms with E-state index in [1.165, 1.54) is 15.3 Å². The normalized spacial score (nSPS) is 12.7. The van der Waals surface area contributed by atoms with Crippen LogP contribution in [0.25, 0.3) is 0 Å². The summed E-state index contributed by atoms with van der Waals surface area (Å²) in [6.45, 7) is 7.44. The molecule has 0 radical (unpaired) electrons. The van der Waals surface area contributed by atoms with E-state index in [1.807, 2.05) is 23.5 Å². The highest BCUT2D eigenvalue weighted by atomic mass is 35.5. The molecule has 1 aromatic heterocycles. The molecule has 2 rings (SSSR count). The van der Waals surface area contributed by atoms with Gasteiger partial charge in [-0.1, -0.05) is 29.3 Å². The largest absolute Gasteiger partial charge is 0.310 e. The van der Waals surface area contributed by atoms with Crippen LogP contribution < -0.4 is 5.32 Å². The highest BCUT2D eigenvalue weighted by Crippen LogP contribution is 2.26. The quantitative estimate of drug-likeness (QED) is 0.757. The zero-order valence-electron chi connectivity index (χ0n) is 12.0. The van der Waals surface area contributed by atoms with Crippen LogP contribution in [0.1, 0.15) is 33.8 Å². The predicted molar refractivity (Wildman–Crippen MR) is 90.4 cm³/mol. The molecule has 0 saturated heterocycles. The number of nitrogens with one attached hydrogen (secondary N) is 1. The van der Waals surface area contributed by atoms with Gasteiger partial charge in [-0.05, 0) is 63.1 Å². The Balaban J connectivity index is 1.91. The van der Waals surface area contributed by atoms with E-state index in [9.17, 15) is 0 Å². The number of hydrogen-bond acceptors (Lipinski definition) is 2. The smallest absolute Gasteiger partial charge is 0.0453 e. The average Bonchev–Trinajstić information content (AvgIpc) is 2.71. The molecule has 0 aliphatic carbocycles. The molecule has 0 aliphatic heterocycles. The van der Waals surface area contributed by atoms with Crippen molar-refractivity contribution >= 4 is 34.5 Å². The van der Waals surface area contributed by atoms with E-state index < -0.39 is 0 Å². The van der Waals surface area contributed by atoms with Gasteiger partial charge in [-0.15, -0.1) is 11.3 Å². The van der Waals surface area contributed by atoms with E-state index in [4.69, 9.17) is 23.2 Å². The van der Waals surface area contributed by atoms with Crippen molar-refractivity contribution in [3.63, 3.8) is 0 Å². The summed E-state index contributed by atoms with van der Waals surface area (Å²) in [6, 6.07) is 8.32. The van der Waals surface area contributed by atoms with Gasteiger partial charge in [0.25, 0.3) is 0 Å². The monoisotopic (exact) mass is 327 g/mol. The lowest BCUT2D eigenvalue weighted by molar-refractivity contribution is 0.576. The Kier molecular flexibility index (Phi) is 5.50. The Bertz CT molecular complexity index is 592. The first-order chi connectivity index (χ1) is 9.47. The van der Waals surface area contributed by atoms with Gasteiger partial charge in [0.1, 0.15) is 0 Å². The van der Waals surface area contributed by atoms with Gasteiger partial charge in [-0.2, -0.15) is 0 Å². The summed E-state index contributed by atoms with van der Waals surface area (Å²) in [4.78, 5) is 2.76. The Morgan fingerprint density at radius 1 is 1.20 bits per heavy atom. The van der Waals surface area contributed by atoms with Gasteiger partial charge in [0.05, 0.1) is 0 Å². The van der Waals surface area contributed by atoms with Crippen LogP contribution in [0.2, 0.25) is 10.0 Å². The summed E-state index contributed by atoms with van der Waals surface area (Å²) in [6.07, 6.45) is 0.905. The summed E-state index contributed by atoms with van der Waals surface area (Å²) in [5.74, 6) is 0. The average molecular weight is 328 g/mol. The highest BCUT2D eigenvalue weighted by molar-refractivity contribution is 7.12. The molecule has 0 fully saturated rings. The number of benzene rings is 1. The van der Waals surface area contributed by atoms with Crippen molar-refractivity contribution in [2.24, 2.45) is 0 Å². The highest BCUT2D eigenvalue weighted by Gasteiger charge is 2.10. The molecule has 1 nitrogen and oxygen atoms in total. The second-order valence-electron chi connectivity index (χ2n) is 5.03. The molecule has 0 amide bonds. The number of halogens is 2. The van der Waals surface area contributed by atoms with Crippen molar-refractivity contribution in [3.05, 3.63) is 55.2 Å². The molecule has 1 unspecified atom stereocenters. The van der Waals surface area contributed by atoms with Gasteiger partial charge in [0.15, 0.2) is 0 Å². The van der Waals surface area contributed by atoms with Crippen LogP contribution in [0.3, 0.4) is 0 Å². The van der Waals surface area contributed by atoms with Crippen molar-refractivity contribution in [2.75, 3.05) is 6.54 Å². The summed E-state index contributed by atoms with van der Waals surface area (Å²) in [5, 5.41) is 4.99. The molecule has 1 heterocycles. The fourth-order valence-electron chi connectivity index (χ4n) is 2.34. The number of thiophene rings is 1. The summed E-state index contributed by atoms with van der Waals surface area (Å²) in [7, 11) is 0. The molecule has 0 aliphatic rings. The van der Waals surface area contributed by atoms with Crippen LogP contribution in [0, 0.1) is 13.8 Å². The molecule has 0 bridgehead atoms. The third kappa shape index (κ3) is 3.98. The fourth-order valence-corrected chi connectivity index (χ4v) is 3.86. The Hall–Kier alpha value is -0.540. The van der Waals surface area contributed by atoms with Gasteiger partial charge < -0.3 is 5.32 Å². The Morgan fingerprint density at radius 3 is 2.55 bits per heavy atom. The molecule has 1 N–H and O–H groups in total. The molecule has 20 heavy (non-hydrogen) atoms. The molecular formula is C16H19Cl2NS. The predicted octanol–water partition coefficient (Wildman–Crippen LogP) is 5.57. The molecule has 0 spiro atoms. The van der Waals surface area contributed by atoms with E-state index in [2.05, 4.69) is 32.2 Å². The zero-order chi connectivity index (χ0) is 14.7. The third-order valence-corrected chi connectivity index (χ3v) is 4.97. The molecule has 4 heteroatoms. The molecule has 2 aromatic rings. The van der Waals surface area contributed by atoms with Gasteiger partial charge in [-0.3, -0.25) is 0 Å². The molecule has 108 valence electrons. The summed E-state index contributed by atoms with van der Waals surface area (Å²) >= 11 is 13.9. The maximum atomic E-state index is 6.18. The van der Waals surface area contributed by atoms with Crippen LogP contribution in [-0.2, 0) is 6.42 Å². The minimum Gasteiger partial charge on any atom is -0.310 e. The maximum Gasteiger partial charge on any atom is 0.0453 e. The van der Waals surface area contributed by atoms with Crippen LogP contribution in [0.5, 0.6) is 0 Å². The molecule has 0 saturated carbocycles. The first-order valence-electron chi connectivity index (χ1n) is 6.71. The lowest BCUT2D eigenvalue weighted by atomic mass is 10.1. The number of aryl methyl sites for hydroxylation is 2. The third-order valence-electron chi connectivity index (χ3n) is 3.41. The fraction of sp³-hybridized carbons (Fsp3) is 0.375. The van der Waals surface area contributed by atoms with E-state index in [1.54, 1.807) is 6.07 Å². The lowest BCUT2D eigenvalue weighted by Crippen LogP contribution is -2.21. The van der Waals surface area contributed by atoms with E-state index in [0.29, 0.717) is 11.1 Å². The summed E-state index contributed by atoms with van der Waals surface area (Å²) < 4.78 is 0. The SMILES string of the molecule is Cc1cc(C(C)NCCc2ccc(Cl)cc2Cl)c(C)s1. The van der Waals surface area contributed by atoms with Gasteiger partial charge in [-0.25, -0.2) is 0 Å². The van der Waals surface area contributed by atoms with Crippen LogP contribution in [0.15, 0.2) is 24.3 Å². The van der Waals surface area contributed by atoms with Gasteiger partial charge in [0, 0.05) is 25.8 Å². The Labute approximate surface area is 134 Å². The summed E-state index contributed by atoms with van der Waals surface area (Å²) in [5.41, 5.74) is 2.53. The van der Waals surface area contributed by atoms with Gasteiger partial charge >= 0.3 is 0 Å². The standard InChI is InChI=1S/C16H19Cl2NS/c1-10-8-15(12(3)20-10)11(2)19-7-6-13-4-5-14(17)9-16(13)18/h4-5,8-9,11,19H,6-7H2,1-3H3. The molecular weight excluding hydrogens is 309 g/mol. The second-order valence-corrected chi connectivity index (χ2v) is 7.33.